The van der Waals surface area contributed by atoms with E-state index in [1.54, 1.807) is 19.4 Å². The fourth-order valence-electron chi connectivity index (χ4n) is 3.86. The summed E-state index contributed by atoms with van der Waals surface area (Å²) in [6.45, 7) is 2.70. The van der Waals surface area contributed by atoms with Crippen molar-refractivity contribution in [1.29, 1.82) is 0 Å². The zero-order valence-electron chi connectivity index (χ0n) is 15.6. The molecule has 2 N–H and O–H groups in total. The zero-order valence-corrected chi connectivity index (χ0v) is 15.6. The van der Waals surface area contributed by atoms with Gasteiger partial charge in [0.1, 0.15) is 17.6 Å². The first-order valence-corrected chi connectivity index (χ1v) is 9.19. The molecule has 0 bridgehead atoms. The molecule has 7 heteroatoms. The lowest BCUT2D eigenvalue weighted by Gasteiger charge is -2.38. The molecule has 1 atom stereocenters. The van der Waals surface area contributed by atoms with Gasteiger partial charge in [0.05, 0.1) is 7.11 Å². The molecule has 2 heterocycles. The van der Waals surface area contributed by atoms with Crippen molar-refractivity contribution >= 4 is 22.6 Å². The molecule has 1 aromatic heterocycles. The van der Waals surface area contributed by atoms with Crippen molar-refractivity contribution in [1.82, 2.24) is 9.88 Å². The van der Waals surface area contributed by atoms with E-state index in [1.807, 2.05) is 29.2 Å². The van der Waals surface area contributed by atoms with Gasteiger partial charge in [0.25, 0.3) is 0 Å². The summed E-state index contributed by atoms with van der Waals surface area (Å²) in [7, 11) is 1.64. The molecule has 28 heavy (non-hydrogen) atoms. The molecular formula is C21H22FN3O3. The van der Waals surface area contributed by atoms with Crippen LogP contribution in [-0.4, -0.2) is 54.2 Å². The smallest absolute Gasteiger partial charge is 0.325 e. The summed E-state index contributed by atoms with van der Waals surface area (Å²) in [5, 5.41) is 10.6. The normalized spacial score (nSPS) is 16.3. The van der Waals surface area contributed by atoms with E-state index >= 15 is 0 Å². The van der Waals surface area contributed by atoms with Crippen LogP contribution in [0.2, 0.25) is 0 Å². The number of aliphatic carboxylic acids is 1. The summed E-state index contributed by atoms with van der Waals surface area (Å²) in [4.78, 5) is 19.3. The Balaban J connectivity index is 1.52. The van der Waals surface area contributed by atoms with Gasteiger partial charge in [0, 0.05) is 54.5 Å². The first kappa shape index (κ1) is 18.3. The minimum Gasteiger partial charge on any atom is -0.497 e. The van der Waals surface area contributed by atoms with E-state index in [4.69, 9.17) is 4.74 Å². The molecule has 0 aliphatic carbocycles. The molecule has 3 aromatic rings. The number of hydrogen-bond acceptors (Lipinski definition) is 4. The van der Waals surface area contributed by atoms with Crippen LogP contribution in [0.4, 0.5) is 10.1 Å². The summed E-state index contributed by atoms with van der Waals surface area (Å²) >= 11 is 0. The van der Waals surface area contributed by atoms with Crippen molar-refractivity contribution in [2.45, 2.75) is 6.04 Å². The Morgan fingerprint density at radius 3 is 2.50 bits per heavy atom. The summed E-state index contributed by atoms with van der Waals surface area (Å²) in [6, 6.07) is 11.5. The molecule has 1 fully saturated rings. The average Bonchev–Trinajstić information content (AvgIpc) is 3.11. The van der Waals surface area contributed by atoms with E-state index < -0.39 is 12.0 Å². The van der Waals surface area contributed by atoms with E-state index in [-0.39, 0.29) is 5.82 Å². The number of ether oxygens (including phenoxy) is 1. The van der Waals surface area contributed by atoms with Crippen molar-refractivity contribution < 1.29 is 19.0 Å². The second-order valence-electron chi connectivity index (χ2n) is 6.90. The number of carbonyl (C=O) groups is 1. The third-order valence-electron chi connectivity index (χ3n) is 5.32. The SMILES string of the molecule is COc1ccc(N2CCN([C@H](C(=O)O)c3c[nH]c4cc(F)ccc34)CC2)cc1. The number of hydrogen-bond donors (Lipinski definition) is 2. The minimum absolute atomic E-state index is 0.346. The third kappa shape index (κ3) is 3.41. The number of carboxylic acids is 1. The van der Waals surface area contributed by atoms with E-state index in [0.29, 0.717) is 24.2 Å². The van der Waals surface area contributed by atoms with Gasteiger partial charge >= 0.3 is 5.97 Å². The van der Waals surface area contributed by atoms with Crippen molar-refractivity contribution in [2.24, 2.45) is 0 Å². The fraction of sp³-hybridized carbons (Fsp3) is 0.286. The quantitative estimate of drug-likeness (QED) is 0.708. The molecule has 4 rings (SSSR count). The number of methoxy groups -OCH3 is 1. The number of benzene rings is 2. The average molecular weight is 383 g/mol. The topological polar surface area (TPSA) is 68.8 Å². The standard InChI is InChI=1S/C21H22FN3O3/c1-28-16-5-3-15(4-6-16)24-8-10-25(11-9-24)20(21(26)27)18-13-23-19-12-14(22)2-7-17(18)19/h2-7,12-13,20,23H,8-11H2,1H3,(H,26,27)/t20-/m0/s1. The molecule has 0 saturated carbocycles. The number of halogens is 1. The second kappa shape index (κ2) is 7.52. The van der Waals surface area contributed by atoms with E-state index in [0.717, 1.165) is 29.9 Å². The van der Waals surface area contributed by atoms with Crippen LogP contribution in [0.5, 0.6) is 5.75 Å². The highest BCUT2D eigenvalue weighted by atomic mass is 19.1. The van der Waals surface area contributed by atoms with Crippen LogP contribution in [0, 0.1) is 5.82 Å². The van der Waals surface area contributed by atoms with Gasteiger partial charge in [0.15, 0.2) is 0 Å². The van der Waals surface area contributed by atoms with Crippen LogP contribution < -0.4 is 9.64 Å². The molecule has 1 saturated heterocycles. The fourth-order valence-corrected chi connectivity index (χ4v) is 3.86. The largest absolute Gasteiger partial charge is 0.497 e. The van der Waals surface area contributed by atoms with Crippen molar-refractivity contribution in [3.63, 3.8) is 0 Å². The van der Waals surface area contributed by atoms with Gasteiger partial charge in [-0.3, -0.25) is 9.69 Å². The van der Waals surface area contributed by atoms with Gasteiger partial charge < -0.3 is 19.7 Å². The highest BCUT2D eigenvalue weighted by Crippen LogP contribution is 2.31. The van der Waals surface area contributed by atoms with Crippen LogP contribution in [0.15, 0.2) is 48.7 Å². The van der Waals surface area contributed by atoms with Crippen LogP contribution in [-0.2, 0) is 4.79 Å². The Hall–Kier alpha value is -3.06. The Kier molecular flexibility index (Phi) is 4.92. The van der Waals surface area contributed by atoms with Crippen LogP contribution in [0.25, 0.3) is 10.9 Å². The van der Waals surface area contributed by atoms with E-state index in [1.165, 1.54) is 12.1 Å². The number of nitrogens with zero attached hydrogens (tertiary/aromatic N) is 2. The van der Waals surface area contributed by atoms with E-state index in [2.05, 4.69) is 9.88 Å². The summed E-state index contributed by atoms with van der Waals surface area (Å²) in [5.41, 5.74) is 2.37. The summed E-state index contributed by atoms with van der Waals surface area (Å²) in [6.07, 6.45) is 1.68. The zero-order chi connectivity index (χ0) is 19.7. The first-order valence-electron chi connectivity index (χ1n) is 9.19. The van der Waals surface area contributed by atoms with Gasteiger partial charge in [-0.05, 0) is 42.5 Å². The maximum atomic E-state index is 13.5. The molecule has 6 nitrogen and oxygen atoms in total. The lowest BCUT2D eigenvalue weighted by molar-refractivity contribution is -0.143. The van der Waals surface area contributed by atoms with Gasteiger partial charge in [-0.2, -0.15) is 0 Å². The predicted octanol–water partition coefficient (Wildman–Crippen LogP) is 3.26. The maximum absolute atomic E-state index is 13.5. The lowest BCUT2D eigenvalue weighted by atomic mass is 10.0. The molecule has 2 aromatic carbocycles. The predicted molar refractivity (Wildman–Crippen MR) is 105 cm³/mol. The molecule has 0 radical (unpaired) electrons. The highest BCUT2D eigenvalue weighted by molar-refractivity contribution is 5.89. The molecule has 1 aliphatic rings. The molecule has 1 aliphatic heterocycles. The van der Waals surface area contributed by atoms with Gasteiger partial charge in [-0.1, -0.05) is 0 Å². The Labute approximate surface area is 162 Å². The number of aromatic nitrogens is 1. The molecule has 0 amide bonds. The van der Waals surface area contributed by atoms with E-state index in [9.17, 15) is 14.3 Å². The first-order chi connectivity index (χ1) is 13.6. The van der Waals surface area contributed by atoms with Crippen molar-refractivity contribution in [3.8, 4) is 5.75 Å². The third-order valence-corrected chi connectivity index (χ3v) is 5.32. The number of nitrogens with one attached hydrogen (secondary N) is 1. The maximum Gasteiger partial charge on any atom is 0.325 e. The monoisotopic (exact) mass is 383 g/mol. The molecule has 0 spiro atoms. The number of H-pyrrole nitrogens is 1. The van der Waals surface area contributed by atoms with Crippen LogP contribution >= 0.6 is 0 Å². The second-order valence-corrected chi connectivity index (χ2v) is 6.90. The summed E-state index contributed by atoms with van der Waals surface area (Å²) < 4.78 is 18.6. The van der Waals surface area contributed by atoms with Gasteiger partial charge in [-0.15, -0.1) is 0 Å². The minimum atomic E-state index is -0.900. The highest BCUT2D eigenvalue weighted by Gasteiger charge is 2.32. The number of rotatable bonds is 5. The Morgan fingerprint density at radius 2 is 1.86 bits per heavy atom. The molecular weight excluding hydrogens is 361 g/mol. The number of piperazine rings is 1. The number of aromatic amines is 1. The van der Waals surface area contributed by atoms with Crippen molar-refractivity contribution in [2.75, 3.05) is 38.2 Å². The van der Waals surface area contributed by atoms with Crippen LogP contribution in [0.1, 0.15) is 11.6 Å². The summed E-state index contributed by atoms with van der Waals surface area (Å²) in [5.74, 6) is -0.437. The number of fused-ring (bicyclic) bond motifs is 1. The Morgan fingerprint density at radius 1 is 1.14 bits per heavy atom. The Bertz CT molecular complexity index is 978. The van der Waals surface area contributed by atoms with Crippen LogP contribution in [0.3, 0.4) is 0 Å². The number of carboxylic acid groups (broad SMARTS) is 1. The lowest BCUT2D eigenvalue weighted by Crippen LogP contribution is -2.49. The van der Waals surface area contributed by atoms with Crippen molar-refractivity contribution in [3.05, 3.63) is 60.0 Å². The van der Waals surface area contributed by atoms with Gasteiger partial charge in [-0.25, -0.2) is 4.39 Å². The molecule has 146 valence electrons. The number of anilines is 1. The molecule has 0 unspecified atom stereocenters. The van der Waals surface area contributed by atoms with Gasteiger partial charge in [0.2, 0.25) is 0 Å².